The third-order valence-corrected chi connectivity index (χ3v) is 3.96. The lowest BCUT2D eigenvalue weighted by molar-refractivity contribution is -0.148. The van der Waals surface area contributed by atoms with E-state index in [0.29, 0.717) is 13.0 Å². The largest absolute Gasteiger partial charge is 0.480 e. The van der Waals surface area contributed by atoms with Crippen LogP contribution < -0.4 is 10.6 Å². The Kier molecular flexibility index (Phi) is 3.59. The zero-order chi connectivity index (χ0) is 13.3. The van der Waals surface area contributed by atoms with Crippen LogP contribution in [0, 0.1) is 5.92 Å². The van der Waals surface area contributed by atoms with E-state index < -0.39 is 11.5 Å². The quantitative estimate of drug-likeness (QED) is 0.630. The van der Waals surface area contributed by atoms with E-state index in [9.17, 15) is 14.7 Å². The lowest BCUT2D eigenvalue weighted by Crippen LogP contribution is -2.57. The van der Waals surface area contributed by atoms with Crippen molar-refractivity contribution in [1.82, 2.24) is 10.6 Å². The summed E-state index contributed by atoms with van der Waals surface area (Å²) >= 11 is 0. The number of carbonyl (C=O) groups is 2. The van der Waals surface area contributed by atoms with Gasteiger partial charge in [0, 0.05) is 13.7 Å². The monoisotopic (exact) mass is 256 g/mol. The highest BCUT2D eigenvalue weighted by molar-refractivity contribution is 5.90. The normalized spacial score (nSPS) is 30.8. The van der Waals surface area contributed by atoms with Crippen molar-refractivity contribution in [2.24, 2.45) is 5.92 Å². The number of rotatable bonds is 5. The van der Waals surface area contributed by atoms with Crippen LogP contribution in [0.3, 0.4) is 0 Å². The average Bonchev–Trinajstić information content (AvgIpc) is 3.07. The number of methoxy groups -OCH3 is 1. The fraction of sp³-hybridized carbons (Fsp3) is 0.833. The molecular weight excluding hydrogens is 236 g/mol. The van der Waals surface area contributed by atoms with Crippen LogP contribution in [0.1, 0.15) is 26.2 Å². The second kappa shape index (κ2) is 4.85. The molecule has 102 valence electrons. The molecule has 1 saturated carbocycles. The lowest BCUT2D eigenvalue weighted by atomic mass is 9.95. The van der Waals surface area contributed by atoms with Crippen LogP contribution in [-0.4, -0.2) is 48.3 Å². The van der Waals surface area contributed by atoms with Gasteiger partial charge in [0.25, 0.3) is 0 Å². The summed E-state index contributed by atoms with van der Waals surface area (Å²) in [6.45, 7) is 2.22. The fourth-order valence-electron chi connectivity index (χ4n) is 2.42. The molecule has 6 heteroatoms. The first-order chi connectivity index (χ1) is 8.47. The number of carboxylic acids is 1. The molecule has 3 atom stereocenters. The molecule has 1 aliphatic carbocycles. The summed E-state index contributed by atoms with van der Waals surface area (Å²) < 4.78 is 5.17. The van der Waals surface area contributed by atoms with Gasteiger partial charge < -0.3 is 20.5 Å². The summed E-state index contributed by atoms with van der Waals surface area (Å²) in [7, 11) is 1.61. The number of aliphatic carboxylic acids is 1. The van der Waals surface area contributed by atoms with Gasteiger partial charge in [-0.25, -0.2) is 4.79 Å². The number of ether oxygens (including phenoxy) is 1. The number of carbonyl (C=O) groups excluding carboxylic acids is 1. The molecular formula is C12H20N2O4. The van der Waals surface area contributed by atoms with Crippen LogP contribution in [0.25, 0.3) is 0 Å². The Morgan fingerprint density at radius 1 is 1.44 bits per heavy atom. The van der Waals surface area contributed by atoms with Gasteiger partial charge in [-0.2, -0.15) is 0 Å². The van der Waals surface area contributed by atoms with E-state index in [1.807, 2.05) is 0 Å². The van der Waals surface area contributed by atoms with E-state index in [2.05, 4.69) is 10.6 Å². The van der Waals surface area contributed by atoms with E-state index in [-0.39, 0.29) is 24.0 Å². The van der Waals surface area contributed by atoms with Gasteiger partial charge >= 0.3 is 5.97 Å². The molecule has 0 aromatic rings. The summed E-state index contributed by atoms with van der Waals surface area (Å²) in [6, 6.07) is -0.354. The molecule has 2 fully saturated rings. The van der Waals surface area contributed by atoms with E-state index in [1.165, 1.54) is 0 Å². The molecule has 3 N–H and O–H groups in total. The topological polar surface area (TPSA) is 87.7 Å². The first-order valence-corrected chi connectivity index (χ1v) is 6.29. The summed E-state index contributed by atoms with van der Waals surface area (Å²) in [5.74, 6) is -1.15. The molecule has 0 bridgehead atoms. The van der Waals surface area contributed by atoms with Gasteiger partial charge in [-0.1, -0.05) is 0 Å². The number of nitrogens with one attached hydrogen (secondary N) is 2. The van der Waals surface area contributed by atoms with Crippen molar-refractivity contribution in [3.8, 4) is 0 Å². The fourth-order valence-corrected chi connectivity index (χ4v) is 2.42. The van der Waals surface area contributed by atoms with Crippen molar-refractivity contribution in [1.29, 1.82) is 0 Å². The zero-order valence-corrected chi connectivity index (χ0v) is 10.7. The summed E-state index contributed by atoms with van der Waals surface area (Å²) in [5.41, 5.74) is -1.13. The van der Waals surface area contributed by atoms with Crippen molar-refractivity contribution in [2.45, 2.75) is 43.9 Å². The maximum Gasteiger partial charge on any atom is 0.329 e. The van der Waals surface area contributed by atoms with Crippen LogP contribution in [0.5, 0.6) is 0 Å². The van der Waals surface area contributed by atoms with Gasteiger partial charge in [0.1, 0.15) is 5.54 Å². The molecule has 0 spiro atoms. The van der Waals surface area contributed by atoms with Crippen LogP contribution in [0.2, 0.25) is 0 Å². The second-order valence-electron chi connectivity index (χ2n) is 5.33. The van der Waals surface area contributed by atoms with Crippen molar-refractivity contribution in [3.05, 3.63) is 0 Å². The molecule has 6 nitrogen and oxygen atoms in total. The van der Waals surface area contributed by atoms with Crippen molar-refractivity contribution in [3.63, 3.8) is 0 Å². The summed E-state index contributed by atoms with van der Waals surface area (Å²) in [5, 5.41) is 15.0. The van der Waals surface area contributed by atoms with E-state index in [1.54, 1.807) is 14.0 Å². The van der Waals surface area contributed by atoms with Gasteiger partial charge in [-0.3, -0.25) is 4.79 Å². The van der Waals surface area contributed by atoms with Crippen molar-refractivity contribution < 1.29 is 19.4 Å². The molecule has 3 unspecified atom stereocenters. The number of hydrogen-bond acceptors (Lipinski definition) is 4. The molecule has 2 rings (SSSR count). The lowest BCUT2D eigenvalue weighted by Gasteiger charge is -2.27. The molecule has 1 heterocycles. The minimum atomic E-state index is -1.13. The SMILES string of the molecule is COC1CNC(C(=O)NC(C)(C(=O)O)C2CC2)C1. The molecule has 18 heavy (non-hydrogen) atoms. The van der Waals surface area contributed by atoms with Gasteiger partial charge in [0.05, 0.1) is 12.1 Å². The van der Waals surface area contributed by atoms with Gasteiger partial charge in [0.15, 0.2) is 0 Å². The van der Waals surface area contributed by atoms with Crippen LogP contribution in [0.15, 0.2) is 0 Å². The number of hydrogen-bond donors (Lipinski definition) is 3. The van der Waals surface area contributed by atoms with Gasteiger partial charge in [0.2, 0.25) is 5.91 Å². The van der Waals surface area contributed by atoms with E-state index >= 15 is 0 Å². The Hall–Kier alpha value is -1.14. The molecule has 0 aromatic heterocycles. The van der Waals surface area contributed by atoms with Crippen LogP contribution in [0.4, 0.5) is 0 Å². The smallest absolute Gasteiger partial charge is 0.329 e. The highest BCUT2D eigenvalue weighted by Crippen LogP contribution is 2.39. The van der Waals surface area contributed by atoms with E-state index in [4.69, 9.17) is 4.74 Å². The third kappa shape index (κ3) is 2.49. The van der Waals surface area contributed by atoms with Crippen molar-refractivity contribution in [2.75, 3.05) is 13.7 Å². The molecule has 2 aliphatic rings. The highest BCUT2D eigenvalue weighted by Gasteiger charge is 2.49. The molecule has 0 radical (unpaired) electrons. The Bertz CT molecular complexity index is 356. The maximum atomic E-state index is 12.1. The Morgan fingerprint density at radius 3 is 2.56 bits per heavy atom. The Labute approximate surface area is 106 Å². The third-order valence-electron chi connectivity index (χ3n) is 3.96. The predicted molar refractivity (Wildman–Crippen MR) is 64.1 cm³/mol. The minimum absolute atomic E-state index is 0.0257. The summed E-state index contributed by atoms with van der Waals surface area (Å²) in [4.78, 5) is 23.4. The molecule has 0 aromatic carbocycles. The number of amides is 1. The van der Waals surface area contributed by atoms with Gasteiger partial charge in [-0.05, 0) is 32.1 Å². The standard InChI is InChI=1S/C12H20N2O4/c1-12(11(16)17,7-3-4-7)14-10(15)9-5-8(18-2)6-13-9/h7-9,13H,3-6H2,1-2H3,(H,14,15)(H,16,17). The maximum absolute atomic E-state index is 12.1. The van der Waals surface area contributed by atoms with Crippen LogP contribution in [-0.2, 0) is 14.3 Å². The summed E-state index contributed by atoms with van der Waals surface area (Å²) in [6.07, 6.45) is 2.34. The van der Waals surface area contributed by atoms with Crippen molar-refractivity contribution >= 4 is 11.9 Å². The average molecular weight is 256 g/mol. The second-order valence-corrected chi connectivity index (χ2v) is 5.33. The highest BCUT2D eigenvalue weighted by atomic mass is 16.5. The first-order valence-electron chi connectivity index (χ1n) is 6.29. The first kappa shape index (κ1) is 13.3. The Morgan fingerprint density at radius 2 is 2.11 bits per heavy atom. The van der Waals surface area contributed by atoms with Gasteiger partial charge in [-0.15, -0.1) is 0 Å². The zero-order valence-electron chi connectivity index (χ0n) is 10.7. The molecule has 1 amide bonds. The Balaban J connectivity index is 1.96. The van der Waals surface area contributed by atoms with Crippen LogP contribution >= 0.6 is 0 Å². The molecule has 1 saturated heterocycles. The number of carboxylic acid groups (broad SMARTS) is 1. The minimum Gasteiger partial charge on any atom is -0.480 e. The molecule has 1 aliphatic heterocycles. The predicted octanol–water partition coefficient (Wildman–Crippen LogP) is -0.267. The van der Waals surface area contributed by atoms with E-state index in [0.717, 1.165) is 12.8 Å².